The molecular formula is C10H8Cl2O3. The summed E-state index contributed by atoms with van der Waals surface area (Å²) in [5, 5.41) is 8.79. The highest BCUT2D eigenvalue weighted by atomic mass is 35.5. The maximum absolute atomic E-state index is 10.7. The number of alkyl halides is 2. The highest BCUT2D eigenvalue weighted by Gasteiger charge is 2.70. The van der Waals surface area contributed by atoms with Crippen molar-refractivity contribution in [2.45, 2.75) is 10.4 Å². The van der Waals surface area contributed by atoms with Gasteiger partial charge in [0, 0.05) is 0 Å². The van der Waals surface area contributed by atoms with Crippen molar-refractivity contribution in [2.75, 3.05) is 0 Å². The van der Waals surface area contributed by atoms with Crippen molar-refractivity contribution < 1.29 is 14.6 Å². The van der Waals surface area contributed by atoms with E-state index in [2.05, 4.69) is 0 Å². The molecule has 2 unspecified atom stereocenters. The molecule has 1 aromatic rings. The number of ether oxygens (including phenoxy) is 1. The van der Waals surface area contributed by atoms with E-state index in [4.69, 9.17) is 33.0 Å². The molecule has 0 aromatic heterocycles. The first-order valence-corrected chi connectivity index (χ1v) is 5.11. The molecule has 1 N–H and O–H groups in total. The van der Waals surface area contributed by atoms with Gasteiger partial charge in [-0.15, -0.1) is 0 Å². The largest absolute Gasteiger partial charge is 0.486 e. The second-order valence-electron chi connectivity index (χ2n) is 3.34. The Balaban J connectivity index is 2.07. The summed E-state index contributed by atoms with van der Waals surface area (Å²) < 4.78 is 4.05. The molecular weight excluding hydrogens is 239 g/mol. The van der Waals surface area contributed by atoms with Crippen LogP contribution >= 0.6 is 23.2 Å². The third-order valence-corrected chi connectivity index (χ3v) is 3.16. The summed E-state index contributed by atoms with van der Waals surface area (Å²) >= 11 is 11.6. The predicted molar refractivity (Wildman–Crippen MR) is 56.4 cm³/mol. The van der Waals surface area contributed by atoms with Crippen LogP contribution in [0.15, 0.2) is 30.3 Å². The van der Waals surface area contributed by atoms with E-state index in [1.807, 2.05) is 6.07 Å². The Hall–Kier alpha value is -0.930. The minimum absolute atomic E-state index is 0.567. The number of carboxylic acid groups (broad SMARTS) is 1. The van der Waals surface area contributed by atoms with Crippen molar-refractivity contribution in [1.29, 1.82) is 0 Å². The molecule has 1 saturated carbocycles. The molecule has 15 heavy (non-hydrogen) atoms. The van der Waals surface area contributed by atoms with E-state index in [0.29, 0.717) is 5.75 Å². The van der Waals surface area contributed by atoms with Crippen molar-refractivity contribution in [1.82, 2.24) is 0 Å². The Morgan fingerprint density at radius 2 is 1.93 bits per heavy atom. The van der Waals surface area contributed by atoms with E-state index < -0.39 is 22.3 Å². The van der Waals surface area contributed by atoms with Crippen LogP contribution in [0.5, 0.6) is 5.75 Å². The molecule has 0 heterocycles. The molecule has 3 nitrogen and oxygen atoms in total. The standard InChI is InChI=1S/C10H8Cl2O3/c11-10(12)7(9(13)14)8(10)15-6-4-2-1-3-5-6/h1-5,7-8H,(H,13,14). The van der Waals surface area contributed by atoms with Crippen LogP contribution in [0, 0.1) is 5.92 Å². The van der Waals surface area contributed by atoms with Gasteiger partial charge in [-0.1, -0.05) is 41.4 Å². The van der Waals surface area contributed by atoms with Gasteiger partial charge in [0.2, 0.25) is 0 Å². The molecule has 0 radical (unpaired) electrons. The lowest BCUT2D eigenvalue weighted by molar-refractivity contribution is -0.139. The molecule has 2 rings (SSSR count). The second-order valence-corrected chi connectivity index (χ2v) is 4.79. The number of hydrogen-bond donors (Lipinski definition) is 1. The predicted octanol–water partition coefficient (Wildman–Crippen LogP) is 2.32. The van der Waals surface area contributed by atoms with E-state index in [1.165, 1.54) is 0 Å². The molecule has 0 bridgehead atoms. The van der Waals surface area contributed by atoms with Crippen molar-refractivity contribution >= 4 is 29.2 Å². The molecule has 5 heteroatoms. The van der Waals surface area contributed by atoms with Gasteiger partial charge in [-0.3, -0.25) is 4.79 Å². The molecule has 1 fully saturated rings. The summed E-state index contributed by atoms with van der Waals surface area (Å²) in [4.78, 5) is 10.7. The fraction of sp³-hybridized carbons (Fsp3) is 0.300. The Bertz CT molecular complexity index is 378. The number of carbonyl (C=O) groups is 1. The van der Waals surface area contributed by atoms with Crippen LogP contribution < -0.4 is 4.74 Å². The van der Waals surface area contributed by atoms with Gasteiger partial charge in [-0.05, 0) is 12.1 Å². The maximum Gasteiger partial charge on any atom is 0.313 e. The van der Waals surface area contributed by atoms with E-state index in [0.717, 1.165) is 0 Å². The normalized spacial score (nSPS) is 27.1. The van der Waals surface area contributed by atoms with E-state index >= 15 is 0 Å². The van der Waals surface area contributed by atoms with Crippen molar-refractivity contribution in [3.05, 3.63) is 30.3 Å². The van der Waals surface area contributed by atoms with Gasteiger partial charge in [0.25, 0.3) is 0 Å². The minimum atomic E-state index is -1.32. The first kappa shape index (κ1) is 10.6. The van der Waals surface area contributed by atoms with Crippen LogP contribution in [0.4, 0.5) is 0 Å². The Kier molecular flexibility index (Phi) is 2.52. The fourth-order valence-corrected chi connectivity index (χ4v) is 2.02. The summed E-state index contributed by atoms with van der Waals surface area (Å²) in [5.74, 6) is -1.33. The summed E-state index contributed by atoms with van der Waals surface area (Å²) in [6.07, 6.45) is -0.680. The van der Waals surface area contributed by atoms with Crippen molar-refractivity contribution in [2.24, 2.45) is 5.92 Å². The Labute approximate surface area is 96.6 Å². The average molecular weight is 247 g/mol. The SMILES string of the molecule is O=C(O)C1C(Oc2ccccc2)C1(Cl)Cl. The van der Waals surface area contributed by atoms with Gasteiger partial charge < -0.3 is 9.84 Å². The van der Waals surface area contributed by atoms with Gasteiger partial charge in [-0.25, -0.2) is 0 Å². The van der Waals surface area contributed by atoms with E-state index in [-0.39, 0.29) is 0 Å². The van der Waals surface area contributed by atoms with Crippen LogP contribution in [0.2, 0.25) is 0 Å². The molecule has 1 aliphatic carbocycles. The van der Waals surface area contributed by atoms with Gasteiger partial charge in [0.05, 0.1) is 0 Å². The van der Waals surface area contributed by atoms with Crippen LogP contribution in [-0.2, 0) is 4.79 Å². The molecule has 1 aromatic carbocycles. The van der Waals surface area contributed by atoms with E-state index in [9.17, 15) is 4.79 Å². The lowest BCUT2D eigenvalue weighted by atomic mass is 10.3. The van der Waals surface area contributed by atoms with Crippen LogP contribution in [-0.4, -0.2) is 21.5 Å². The number of halogens is 2. The number of carboxylic acids is 1. The van der Waals surface area contributed by atoms with Gasteiger partial charge in [0.15, 0.2) is 4.33 Å². The number of para-hydroxylation sites is 1. The Morgan fingerprint density at radius 3 is 2.40 bits per heavy atom. The minimum Gasteiger partial charge on any atom is -0.486 e. The number of benzene rings is 1. The van der Waals surface area contributed by atoms with Crippen LogP contribution in [0.1, 0.15) is 0 Å². The van der Waals surface area contributed by atoms with Gasteiger partial charge in [0.1, 0.15) is 17.8 Å². The number of hydrogen-bond acceptors (Lipinski definition) is 2. The van der Waals surface area contributed by atoms with Crippen molar-refractivity contribution in [3.63, 3.8) is 0 Å². The first-order valence-electron chi connectivity index (χ1n) is 4.36. The van der Waals surface area contributed by atoms with Crippen molar-refractivity contribution in [3.8, 4) is 5.75 Å². The third kappa shape index (κ3) is 1.90. The van der Waals surface area contributed by atoms with Crippen LogP contribution in [0.3, 0.4) is 0 Å². The second kappa shape index (κ2) is 3.58. The summed E-state index contributed by atoms with van der Waals surface area (Å²) in [6, 6.07) is 8.86. The van der Waals surface area contributed by atoms with Gasteiger partial charge in [-0.2, -0.15) is 0 Å². The highest BCUT2D eigenvalue weighted by Crippen LogP contribution is 2.55. The first-order chi connectivity index (χ1) is 7.03. The lowest BCUT2D eigenvalue weighted by Crippen LogP contribution is -2.07. The Morgan fingerprint density at radius 1 is 1.33 bits per heavy atom. The van der Waals surface area contributed by atoms with Gasteiger partial charge >= 0.3 is 5.97 Å². The van der Waals surface area contributed by atoms with E-state index in [1.54, 1.807) is 24.3 Å². The lowest BCUT2D eigenvalue weighted by Gasteiger charge is -2.04. The zero-order chi connectivity index (χ0) is 11.1. The van der Waals surface area contributed by atoms with Crippen LogP contribution in [0.25, 0.3) is 0 Å². The molecule has 0 saturated heterocycles. The zero-order valence-electron chi connectivity index (χ0n) is 7.56. The highest BCUT2D eigenvalue weighted by molar-refractivity contribution is 6.53. The molecule has 80 valence electrons. The average Bonchev–Trinajstić information content (AvgIpc) is 2.70. The molecule has 0 aliphatic heterocycles. The quantitative estimate of drug-likeness (QED) is 0.833. The molecule has 0 amide bonds. The summed E-state index contributed by atoms with van der Waals surface area (Å²) in [7, 11) is 0. The topological polar surface area (TPSA) is 46.5 Å². The maximum atomic E-state index is 10.7. The molecule has 0 spiro atoms. The number of rotatable bonds is 3. The monoisotopic (exact) mass is 246 g/mol. The smallest absolute Gasteiger partial charge is 0.313 e. The fourth-order valence-electron chi connectivity index (χ4n) is 1.39. The third-order valence-electron chi connectivity index (χ3n) is 2.26. The molecule has 1 aliphatic rings. The zero-order valence-corrected chi connectivity index (χ0v) is 9.07. The number of aliphatic carboxylic acids is 1. The summed E-state index contributed by atoms with van der Waals surface area (Å²) in [6.45, 7) is 0. The summed E-state index contributed by atoms with van der Waals surface area (Å²) in [5.41, 5.74) is 0. The molecule has 2 atom stereocenters.